The van der Waals surface area contributed by atoms with Crippen LogP contribution in [0.4, 0.5) is 5.69 Å². The van der Waals surface area contributed by atoms with Crippen LogP contribution in [-0.2, 0) is 0 Å². The van der Waals surface area contributed by atoms with E-state index in [1.165, 1.54) is 12.1 Å². The van der Waals surface area contributed by atoms with Crippen LogP contribution < -0.4 is 0 Å². The van der Waals surface area contributed by atoms with Crippen LogP contribution in [0.1, 0.15) is 33.8 Å². The zero-order valence-electron chi connectivity index (χ0n) is 26.4. The van der Waals surface area contributed by atoms with Crippen LogP contribution in [0.25, 0.3) is 33.8 Å². The molecule has 0 unspecified atom stereocenters. The summed E-state index contributed by atoms with van der Waals surface area (Å²) in [5.41, 5.74) is 4.80. The van der Waals surface area contributed by atoms with Gasteiger partial charge in [-0.1, -0.05) is 60.7 Å². The zero-order chi connectivity index (χ0) is 33.0. The van der Waals surface area contributed by atoms with E-state index in [-0.39, 0.29) is 23.3 Å². The first-order valence-electron chi connectivity index (χ1n) is 16.2. The van der Waals surface area contributed by atoms with Gasteiger partial charge in [-0.25, -0.2) is 4.98 Å². The lowest BCUT2D eigenvalue weighted by Crippen LogP contribution is -2.54. The number of pyridine rings is 1. The van der Waals surface area contributed by atoms with Gasteiger partial charge in [0.1, 0.15) is 5.76 Å². The first kappa shape index (κ1) is 31.0. The molecule has 2 aromatic heterocycles. The fourth-order valence-corrected chi connectivity index (χ4v) is 6.59. The van der Waals surface area contributed by atoms with Crippen molar-refractivity contribution in [2.45, 2.75) is 18.9 Å². The highest BCUT2D eigenvalue weighted by Crippen LogP contribution is 2.28. The maximum absolute atomic E-state index is 13.8. The molecule has 3 aromatic carbocycles. The first-order valence-corrected chi connectivity index (χ1v) is 16.2. The fourth-order valence-electron chi connectivity index (χ4n) is 6.59. The molecule has 48 heavy (non-hydrogen) atoms. The number of non-ortho nitro benzene ring substituents is 1. The highest BCUT2D eigenvalue weighted by atomic mass is 16.6. The van der Waals surface area contributed by atoms with E-state index in [2.05, 4.69) is 4.90 Å². The van der Waals surface area contributed by atoms with Gasteiger partial charge in [0.2, 0.25) is 0 Å². The Balaban J connectivity index is 0.955. The van der Waals surface area contributed by atoms with Crippen LogP contribution in [0.15, 0.2) is 114 Å². The van der Waals surface area contributed by atoms with Crippen LogP contribution in [0.2, 0.25) is 0 Å². The number of aromatic nitrogens is 1. The number of carbonyl (C=O) groups excluding carboxylic acids is 2. The molecule has 0 saturated carbocycles. The van der Waals surface area contributed by atoms with Crippen LogP contribution in [-0.4, -0.2) is 81.7 Å². The molecular formula is C38H35N5O5. The fraction of sp³-hybridized carbons (Fsp3) is 0.237. The average molecular weight is 642 g/mol. The average Bonchev–Trinajstić information content (AvgIpc) is 3.65. The lowest BCUT2D eigenvalue weighted by Gasteiger charge is -2.42. The molecule has 2 amide bonds. The van der Waals surface area contributed by atoms with Crippen molar-refractivity contribution in [3.63, 3.8) is 0 Å². The Morgan fingerprint density at radius 2 is 1.23 bits per heavy atom. The Labute approximate surface area is 278 Å². The third kappa shape index (κ3) is 6.61. The second-order valence-electron chi connectivity index (χ2n) is 12.2. The van der Waals surface area contributed by atoms with E-state index in [0.29, 0.717) is 49.1 Å². The van der Waals surface area contributed by atoms with Crippen molar-refractivity contribution in [2.24, 2.45) is 0 Å². The third-order valence-electron chi connectivity index (χ3n) is 9.26. The number of piperazine rings is 1. The summed E-state index contributed by atoms with van der Waals surface area (Å²) in [5, 5.41) is 11.0. The van der Waals surface area contributed by atoms with Gasteiger partial charge in [0, 0.05) is 79.7 Å². The minimum absolute atomic E-state index is 0.00101. The molecule has 2 aliphatic heterocycles. The number of benzene rings is 3. The molecule has 0 aliphatic carbocycles. The molecule has 2 aliphatic rings. The smallest absolute Gasteiger partial charge is 0.289 e. The normalized spacial score (nSPS) is 15.8. The Morgan fingerprint density at radius 3 is 1.79 bits per heavy atom. The summed E-state index contributed by atoms with van der Waals surface area (Å²) in [6.07, 6.45) is 1.70. The summed E-state index contributed by atoms with van der Waals surface area (Å²) in [5.74, 6) is 0.614. The van der Waals surface area contributed by atoms with Gasteiger partial charge in [-0.3, -0.25) is 24.6 Å². The van der Waals surface area contributed by atoms with Crippen molar-refractivity contribution in [1.82, 2.24) is 19.7 Å². The van der Waals surface area contributed by atoms with E-state index >= 15 is 0 Å². The highest BCUT2D eigenvalue weighted by Gasteiger charge is 2.32. The van der Waals surface area contributed by atoms with Gasteiger partial charge in [0.05, 0.1) is 16.3 Å². The van der Waals surface area contributed by atoms with Crippen LogP contribution in [0.3, 0.4) is 0 Å². The number of carbonyl (C=O) groups is 2. The molecule has 10 nitrogen and oxygen atoms in total. The summed E-state index contributed by atoms with van der Waals surface area (Å²) in [7, 11) is 0. The summed E-state index contributed by atoms with van der Waals surface area (Å²) in [6, 6.07) is 33.5. The van der Waals surface area contributed by atoms with Gasteiger partial charge in [-0.2, -0.15) is 0 Å². The van der Waals surface area contributed by atoms with Gasteiger partial charge < -0.3 is 14.2 Å². The predicted octanol–water partition coefficient (Wildman–Crippen LogP) is 6.65. The maximum atomic E-state index is 13.8. The molecule has 7 rings (SSSR count). The second kappa shape index (κ2) is 13.6. The van der Waals surface area contributed by atoms with E-state index in [1.54, 1.807) is 24.3 Å². The molecule has 2 fully saturated rings. The molecular weight excluding hydrogens is 606 g/mol. The molecule has 0 bridgehead atoms. The number of furan rings is 1. The van der Waals surface area contributed by atoms with E-state index in [1.807, 2.05) is 82.6 Å². The Hall–Kier alpha value is -5.61. The molecule has 242 valence electrons. The van der Waals surface area contributed by atoms with Crippen LogP contribution in [0, 0.1) is 10.1 Å². The lowest BCUT2D eigenvalue weighted by molar-refractivity contribution is -0.384. The summed E-state index contributed by atoms with van der Waals surface area (Å²) in [4.78, 5) is 48.7. The van der Waals surface area contributed by atoms with E-state index in [0.717, 1.165) is 48.4 Å². The molecule has 4 heterocycles. The molecule has 2 saturated heterocycles. The number of likely N-dealkylation sites (tertiary alicyclic amines) is 1. The minimum Gasteiger partial charge on any atom is -0.451 e. The van der Waals surface area contributed by atoms with E-state index in [9.17, 15) is 19.7 Å². The van der Waals surface area contributed by atoms with Gasteiger partial charge in [0.25, 0.3) is 17.5 Å². The highest BCUT2D eigenvalue weighted by molar-refractivity contribution is 5.96. The van der Waals surface area contributed by atoms with Crippen molar-refractivity contribution in [1.29, 1.82) is 0 Å². The number of rotatable bonds is 7. The quantitative estimate of drug-likeness (QED) is 0.145. The molecule has 0 radical (unpaired) electrons. The zero-order valence-corrected chi connectivity index (χ0v) is 26.4. The number of nitro benzene ring substituents is 1. The van der Waals surface area contributed by atoms with Crippen molar-refractivity contribution in [3.8, 4) is 33.8 Å². The SMILES string of the molecule is O=C(c1cc(-c2ccccc2)nc(-c2ccccc2)c1)N1CCN(C2CCN(C(=O)c3ccc(-c4ccc([N+](=O)[O-])cc4)o3)CC2)CC1. The number of nitro groups is 1. The van der Waals surface area contributed by atoms with E-state index in [4.69, 9.17) is 9.40 Å². The van der Waals surface area contributed by atoms with Crippen molar-refractivity contribution in [2.75, 3.05) is 39.3 Å². The Morgan fingerprint density at radius 1 is 0.667 bits per heavy atom. The Kier molecular flexibility index (Phi) is 8.80. The number of amides is 2. The number of hydrogen-bond acceptors (Lipinski definition) is 7. The molecule has 0 spiro atoms. The molecule has 5 aromatic rings. The predicted molar refractivity (Wildman–Crippen MR) is 182 cm³/mol. The van der Waals surface area contributed by atoms with Crippen molar-refractivity contribution in [3.05, 3.63) is 131 Å². The standard InChI is InChI=1S/C38H35N5O5/c44-37(30-25-33(27-7-3-1-4-8-27)39-34(26-30)28-9-5-2-6-10-28)42-23-21-40(22-24-42)31-17-19-41(20-18-31)38(45)36-16-15-35(48-36)29-11-13-32(14-12-29)43(46)47/h1-16,25-26,31H,17-24H2. The number of piperidine rings is 1. The molecule has 0 N–H and O–H groups in total. The van der Waals surface area contributed by atoms with Gasteiger partial charge in [0.15, 0.2) is 5.76 Å². The first-order chi connectivity index (χ1) is 23.4. The Bertz CT molecular complexity index is 1850. The largest absolute Gasteiger partial charge is 0.451 e. The monoisotopic (exact) mass is 641 g/mol. The van der Waals surface area contributed by atoms with Crippen molar-refractivity contribution >= 4 is 17.5 Å². The van der Waals surface area contributed by atoms with E-state index < -0.39 is 4.92 Å². The lowest BCUT2D eigenvalue weighted by atomic mass is 10.0. The topological polar surface area (TPSA) is 113 Å². The molecule has 10 heteroatoms. The summed E-state index contributed by atoms with van der Waals surface area (Å²) >= 11 is 0. The van der Waals surface area contributed by atoms with Crippen molar-refractivity contribution < 1.29 is 18.9 Å². The summed E-state index contributed by atoms with van der Waals surface area (Å²) in [6.45, 7) is 4.08. The third-order valence-corrected chi connectivity index (χ3v) is 9.26. The van der Waals surface area contributed by atoms with Gasteiger partial charge in [-0.15, -0.1) is 0 Å². The van der Waals surface area contributed by atoms with Gasteiger partial charge >= 0.3 is 0 Å². The minimum atomic E-state index is -0.449. The summed E-state index contributed by atoms with van der Waals surface area (Å²) < 4.78 is 5.85. The second-order valence-corrected chi connectivity index (χ2v) is 12.2. The van der Waals surface area contributed by atoms with Gasteiger partial charge in [-0.05, 0) is 49.2 Å². The maximum Gasteiger partial charge on any atom is 0.289 e. The molecule has 0 atom stereocenters. The number of hydrogen-bond donors (Lipinski definition) is 0. The van der Waals surface area contributed by atoms with Crippen LogP contribution in [0.5, 0.6) is 0 Å². The van der Waals surface area contributed by atoms with Crippen LogP contribution >= 0.6 is 0 Å². The number of nitrogens with zero attached hydrogens (tertiary/aromatic N) is 5.